The molecule has 1 aliphatic rings. The van der Waals surface area contributed by atoms with Crippen LogP contribution in [0.2, 0.25) is 0 Å². The van der Waals surface area contributed by atoms with E-state index in [-0.39, 0.29) is 24.5 Å². The number of carbonyl (C=O) groups excluding carboxylic acids is 1. The van der Waals surface area contributed by atoms with Gasteiger partial charge in [-0.1, -0.05) is 25.1 Å². The number of nitrogens with one attached hydrogen (secondary N) is 1. The molecule has 0 fully saturated rings. The Balaban J connectivity index is 2.03. The Morgan fingerprint density at radius 3 is 3.06 bits per heavy atom. The first-order valence-corrected chi connectivity index (χ1v) is 6.39. The van der Waals surface area contributed by atoms with Gasteiger partial charge < -0.3 is 15.2 Å². The number of fused-ring (bicyclic) bond motifs is 1. The first-order chi connectivity index (χ1) is 8.76. The zero-order valence-corrected chi connectivity index (χ0v) is 10.6. The van der Waals surface area contributed by atoms with E-state index in [2.05, 4.69) is 5.32 Å². The lowest BCUT2D eigenvalue weighted by molar-refractivity contribution is -0.123. The summed E-state index contributed by atoms with van der Waals surface area (Å²) in [5.74, 6) is 0.557. The molecule has 1 aromatic rings. The number of aliphatic hydroxyl groups excluding tert-OH is 1. The molecule has 2 rings (SSSR count). The van der Waals surface area contributed by atoms with Gasteiger partial charge in [0.25, 0.3) is 0 Å². The number of ether oxygens (including phenoxy) is 1. The molecule has 0 spiro atoms. The van der Waals surface area contributed by atoms with Crippen molar-refractivity contribution in [2.75, 3.05) is 13.2 Å². The Labute approximate surface area is 107 Å². The van der Waals surface area contributed by atoms with E-state index in [9.17, 15) is 4.79 Å². The summed E-state index contributed by atoms with van der Waals surface area (Å²) < 4.78 is 5.50. The molecule has 0 saturated carbocycles. The van der Waals surface area contributed by atoms with Gasteiger partial charge in [0.05, 0.1) is 0 Å². The molecule has 0 bridgehead atoms. The molecule has 1 aliphatic heterocycles. The van der Waals surface area contributed by atoms with Crippen LogP contribution in [0.5, 0.6) is 5.75 Å². The number of carbonyl (C=O) groups is 1. The van der Waals surface area contributed by atoms with Crippen LogP contribution in [0.15, 0.2) is 24.3 Å². The van der Waals surface area contributed by atoms with Gasteiger partial charge in [-0.3, -0.25) is 4.79 Å². The highest BCUT2D eigenvalue weighted by Crippen LogP contribution is 2.33. The van der Waals surface area contributed by atoms with E-state index in [4.69, 9.17) is 9.84 Å². The van der Waals surface area contributed by atoms with Gasteiger partial charge in [-0.2, -0.15) is 0 Å². The lowest BCUT2D eigenvalue weighted by atomic mass is 9.99. The maximum atomic E-state index is 12.2. The van der Waals surface area contributed by atoms with Gasteiger partial charge in [0.15, 0.2) is 0 Å². The molecule has 0 aliphatic carbocycles. The average Bonchev–Trinajstić information content (AvgIpc) is 2.82. The predicted octanol–water partition coefficient (Wildman–Crippen LogP) is 1.44. The van der Waals surface area contributed by atoms with Crippen molar-refractivity contribution in [2.24, 2.45) is 0 Å². The number of rotatable bonds is 5. The molecule has 2 N–H and O–H groups in total. The maximum absolute atomic E-state index is 12.2. The summed E-state index contributed by atoms with van der Waals surface area (Å²) >= 11 is 0. The third-order valence-corrected chi connectivity index (χ3v) is 3.33. The van der Waals surface area contributed by atoms with Crippen LogP contribution in [-0.2, 0) is 4.79 Å². The molecular weight excluding hydrogens is 230 g/mol. The molecule has 1 aromatic carbocycles. The van der Waals surface area contributed by atoms with Crippen LogP contribution >= 0.6 is 0 Å². The largest absolute Gasteiger partial charge is 0.492 e. The molecule has 0 saturated heterocycles. The number of para-hydroxylation sites is 1. The van der Waals surface area contributed by atoms with Crippen molar-refractivity contribution in [1.29, 1.82) is 0 Å². The molecule has 4 heteroatoms. The number of amides is 1. The predicted molar refractivity (Wildman–Crippen MR) is 68.6 cm³/mol. The number of benzene rings is 1. The summed E-state index contributed by atoms with van der Waals surface area (Å²) in [4.78, 5) is 12.2. The fourth-order valence-electron chi connectivity index (χ4n) is 2.22. The standard InChI is InChI=1S/C14H19NO3/c1-2-10(7-8-16)15-14(17)12-9-18-13-6-4-3-5-11(12)13/h3-6,10,12,16H,2,7-9H2,1H3,(H,15,17). The topological polar surface area (TPSA) is 58.6 Å². The summed E-state index contributed by atoms with van der Waals surface area (Å²) in [7, 11) is 0. The normalized spacial score (nSPS) is 18.9. The van der Waals surface area contributed by atoms with Gasteiger partial charge in [-0.15, -0.1) is 0 Å². The summed E-state index contributed by atoms with van der Waals surface area (Å²) in [6.45, 7) is 2.50. The first kappa shape index (κ1) is 12.9. The van der Waals surface area contributed by atoms with Crippen LogP contribution in [0.4, 0.5) is 0 Å². The Kier molecular flexibility index (Phi) is 4.20. The zero-order chi connectivity index (χ0) is 13.0. The van der Waals surface area contributed by atoms with E-state index in [1.807, 2.05) is 31.2 Å². The minimum atomic E-state index is -0.228. The fraction of sp³-hybridized carbons (Fsp3) is 0.500. The van der Waals surface area contributed by atoms with Crippen LogP contribution in [0.3, 0.4) is 0 Å². The second-order valence-electron chi connectivity index (χ2n) is 4.53. The molecule has 2 atom stereocenters. The monoisotopic (exact) mass is 249 g/mol. The van der Waals surface area contributed by atoms with E-state index in [1.54, 1.807) is 0 Å². The molecule has 4 nitrogen and oxygen atoms in total. The molecule has 98 valence electrons. The third-order valence-electron chi connectivity index (χ3n) is 3.33. The molecule has 1 amide bonds. The Hall–Kier alpha value is -1.55. The minimum Gasteiger partial charge on any atom is -0.492 e. The van der Waals surface area contributed by atoms with Crippen molar-refractivity contribution in [3.05, 3.63) is 29.8 Å². The van der Waals surface area contributed by atoms with Crippen LogP contribution in [0.25, 0.3) is 0 Å². The van der Waals surface area contributed by atoms with Crippen molar-refractivity contribution in [3.8, 4) is 5.75 Å². The van der Waals surface area contributed by atoms with E-state index < -0.39 is 0 Å². The molecule has 18 heavy (non-hydrogen) atoms. The van der Waals surface area contributed by atoms with Gasteiger partial charge in [0.2, 0.25) is 5.91 Å². The number of hydrogen-bond donors (Lipinski definition) is 2. The quantitative estimate of drug-likeness (QED) is 0.830. The molecule has 0 radical (unpaired) electrons. The van der Waals surface area contributed by atoms with Gasteiger partial charge in [-0.25, -0.2) is 0 Å². The summed E-state index contributed by atoms with van der Waals surface area (Å²) in [6.07, 6.45) is 1.42. The van der Waals surface area contributed by atoms with Crippen LogP contribution in [-0.4, -0.2) is 30.3 Å². The summed E-state index contributed by atoms with van der Waals surface area (Å²) in [6, 6.07) is 7.67. The molecular formula is C14H19NO3. The van der Waals surface area contributed by atoms with Crippen LogP contribution in [0.1, 0.15) is 31.2 Å². The highest BCUT2D eigenvalue weighted by molar-refractivity contribution is 5.85. The van der Waals surface area contributed by atoms with E-state index in [0.29, 0.717) is 13.0 Å². The van der Waals surface area contributed by atoms with Crippen LogP contribution in [0, 0.1) is 0 Å². The lowest BCUT2D eigenvalue weighted by Crippen LogP contribution is -2.38. The summed E-state index contributed by atoms with van der Waals surface area (Å²) in [5, 5.41) is 11.9. The first-order valence-electron chi connectivity index (χ1n) is 6.39. The van der Waals surface area contributed by atoms with Crippen molar-refractivity contribution < 1.29 is 14.6 Å². The molecule has 0 aromatic heterocycles. The molecule has 2 unspecified atom stereocenters. The minimum absolute atomic E-state index is 0.0137. The fourth-order valence-corrected chi connectivity index (χ4v) is 2.22. The van der Waals surface area contributed by atoms with Crippen molar-refractivity contribution in [3.63, 3.8) is 0 Å². The van der Waals surface area contributed by atoms with Gasteiger partial charge in [0, 0.05) is 18.2 Å². The van der Waals surface area contributed by atoms with Gasteiger partial charge >= 0.3 is 0 Å². The Morgan fingerprint density at radius 2 is 2.33 bits per heavy atom. The second-order valence-corrected chi connectivity index (χ2v) is 4.53. The second kappa shape index (κ2) is 5.87. The van der Waals surface area contributed by atoms with Crippen LogP contribution < -0.4 is 10.1 Å². The van der Waals surface area contributed by atoms with Crippen molar-refractivity contribution >= 4 is 5.91 Å². The lowest BCUT2D eigenvalue weighted by Gasteiger charge is -2.18. The smallest absolute Gasteiger partial charge is 0.231 e. The van der Waals surface area contributed by atoms with E-state index in [1.165, 1.54) is 0 Å². The van der Waals surface area contributed by atoms with Gasteiger partial charge in [-0.05, 0) is 18.9 Å². The number of hydrogen-bond acceptors (Lipinski definition) is 3. The summed E-state index contributed by atoms with van der Waals surface area (Å²) in [5.41, 5.74) is 0.953. The van der Waals surface area contributed by atoms with Crippen molar-refractivity contribution in [1.82, 2.24) is 5.32 Å². The van der Waals surface area contributed by atoms with Gasteiger partial charge in [0.1, 0.15) is 18.3 Å². The highest BCUT2D eigenvalue weighted by Gasteiger charge is 2.30. The molecule has 1 heterocycles. The number of aliphatic hydroxyl groups is 1. The van der Waals surface area contributed by atoms with Crippen molar-refractivity contribution in [2.45, 2.75) is 31.7 Å². The third kappa shape index (κ3) is 2.64. The maximum Gasteiger partial charge on any atom is 0.231 e. The SMILES string of the molecule is CCC(CCO)NC(=O)C1COc2ccccc21. The Bertz CT molecular complexity index is 419. The highest BCUT2D eigenvalue weighted by atomic mass is 16.5. The zero-order valence-electron chi connectivity index (χ0n) is 10.6. The average molecular weight is 249 g/mol. The Morgan fingerprint density at radius 1 is 1.56 bits per heavy atom. The van der Waals surface area contributed by atoms with E-state index >= 15 is 0 Å². The van der Waals surface area contributed by atoms with E-state index in [0.717, 1.165) is 17.7 Å².